The van der Waals surface area contributed by atoms with Crippen LogP contribution in [0.15, 0.2) is 17.1 Å². The molecule has 1 aliphatic heterocycles. The zero-order valence-electron chi connectivity index (χ0n) is 11.2. The Bertz CT molecular complexity index is 550. The molecule has 7 heteroatoms. The second-order valence-electron chi connectivity index (χ2n) is 4.77. The summed E-state index contributed by atoms with van der Waals surface area (Å²) in [5.74, 6) is 0.711. The Morgan fingerprint density at radius 1 is 1.25 bits per heavy atom. The van der Waals surface area contributed by atoms with Gasteiger partial charge in [-0.1, -0.05) is 11.6 Å². The number of thiophene rings is 1. The van der Waals surface area contributed by atoms with Crippen molar-refractivity contribution in [1.82, 2.24) is 19.7 Å². The molecule has 0 aromatic carbocycles. The first-order chi connectivity index (χ1) is 9.83. The average molecular weight is 313 g/mol. The topological polar surface area (TPSA) is 43.2 Å². The van der Waals surface area contributed by atoms with Crippen LogP contribution in [-0.2, 0) is 11.3 Å². The summed E-state index contributed by atoms with van der Waals surface area (Å²) in [5, 5.41) is 9.08. The molecule has 1 fully saturated rings. The molecule has 108 valence electrons. The van der Waals surface area contributed by atoms with Gasteiger partial charge in [0.25, 0.3) is 0 Å². The zero-order valence-corrected chi connectivity index (χ0v) is 12.7. The molecular weight excluding hydrogens is 296 g/mol. The molecular formula is C13H17ClN4OS. The van der Waals surface area contributed by atoms with Crippen LogP contribution in [0.3, 0.4) is 0 Å². The Morgan fingerprint density at radius 3 is 2.85 bits per heavy atom. The third-order valence-corrected chi connectivity index (χ3v) is 4.54. The number of aryl methyl sites for hydroxylation is 1. The smallest absolute Gasteiger partial charge is 0.183 e. The summed E-state index contributed by atoms with van der Waals surface area (Å²) < 4.78 is 7.23. The van der Waals surface area contributed by atoms with Gasteiger partial charge in [-0.25, -0.2) is 4.98 Å². The summed E-state index contributed by atoms with van der Waals surface area (Å²) >= 11 is 7.66. The summed E-state index contributed by atoms with van der Waals surface area (Å²) in [6.07, 6.45) is 2.85. The summed E-state index contributed by atoms with van der Waals surface area (Å²) in [6.45, 7) is 5.73. The van der Waals surface area contributed by atoms with Gasteiger partial charge in [0.1, 0.15) is 6.33 Å². The molecule has 1 aliphatic rings. The van der Waals surface area contributed by atoms with Crippen molar-refractivity contribution in [1.29, 1.82) is 0 Å². The van der Waals surface area contributed by atoms with Gasteiger partial charge in [-0.15, -0.1) is 0 Å². The highest BCUT2D eigenvalue weighted by molar-refractivity contribution is 7.08. The van der Waals surface area contributed by atoms with E-state index in [0.29, 0.717) is 5.82 Å². The molecule has 5 nitrogen and oxygen atoms in total. The van der Waals surface area contributed by atoms with Gasteiger partial charge in [0.05, 0.1) is 23.8 Å². The first kappa shape index (κ1) is 14.0. The van der Waals surface area contributed by atoms with Crippen LogP contribution >= 0.6 is 22.9 Å². The van der Waals surface area contributed by atoms with Crippen LogP contribution in [0.5, 0.6) is 0 Å². The van der Waals surface area contributed by atoms with E-state index in [4.69, 9.17) is 16.3 Å². The molecule has 0 spiro atoms. The number of hydrogen-bond donors (Lipinski definition) is 0. The minimum atomic E-state index is 0.711. The lowest BCUT2D eigenvalue weighted by Crippen LogP contribution is -2.37. The lowest BCUT2D eigenvalue weighted by Gasteiger charge is -2.26. The molecule has 2 aromatic heterocycles. The van der Waals surface area contributed by atoms with Crippen LogP contribution in [0.2, 0.25) is 5.02 Å². The second kappa shape index (κ2) is 6.67. The molecule has 0 unspecified atom stereocenters. The van der Waals surface area contributed by atoms with Crippen LogP contribution in [0.4, 0.5) is 0 Å². The quantitative estimate of drug-likeness (QED) is 0.850. The Labute approximate surface area is 127 Å². The maximum Gasteiger partial charge on any atom is 0.183 e. The van der Waals surface area contributed by atoms with Crippen molar-refractivity contribution in [2.24, 2.45) is 0 Å². The molecule has 3 rings (SSSR count). The van der Waals surface area contributed by atoms with Gasteiger partial charge in [-0.2, -0.15) is 16.4 Å². The van der Waals surface area contributed by atoms with Crippen molar-refractivity contribution in [3.05, 3.63) is 22.1 Å². The maximum atomic E-state index is 6.09. The van der Waals surface area contributed by atoms with Gasteiger partial charge in [0, 0.05) is 36.9 Å². The lowest BCUT2D eigenvalue weighted by atomic mass is 10.3. The van der Waals surface area contributed by atoms with Crippen LogP contribution in [0.1, 0.15) is 6.42 Å². The van der Waals surface area contributed by atoms with E-state index in [1.54, 1.807) is 17.7 Å². The highest BCUT2D eigenvalue weighted by Gasteiger charge is 2.11. The standard InChI is InChI=1S/C13H17ClN4OS/c14-12-9-20-8-11(12)13-15-10-18(16-13)3-1-2-17-4-6-19-7-5-17/h8-10H,1-7H2. The first-order valence-corrected chi connectivity index (χ1v) is 8.06. The molecule has 0 amide bonds. The maximum absolute atomic E-state index is 6.09. The Hall–Kier alpha value is -0.950. The minimum Gasteiger partial charge on any atom is -0.379 e. The molecule has 3 heterocycles. The number of ether oxygens (including phenoxy) is 1. The Kier molecular flexibility index (Phi) is 4.67. The van der Waals surface area contributed by atoms with E-state index < -0.39 is 0 Å². The number of hydrogen-bond acceptors (Lipinski definition) is 5. The van der Waals surface area contributed by atoms with Gasteiger partial charge in [-0.3, -0.25) is 9.58 Å². The van der Waals surface area contributed by atoms with Crippen molar-refractivity contribution < 1.29 is 4.74 Å². The van der Waals surface area contributed by atoms with Gasteiger partial charge in [0.15, 0.2) is 5.82 Å². The normalized spacial score (nSPS) is 16.6. The number of rotatable bonds is 5. The molecule has 0 radical (unpaired) electrons. The molecule has 0 bridgehead atoms. The van der Waals surface area contributed by atoms with Gasteiger partial charge < -0.3 is 4.74 Å². The molecule has 1 saturated heterocycles. The van der Waals surface area contributed by atoms with E-state index in [-0.39, 0.29) is 0 Å². The predicted octanol–water partition coefficient (Wildman–Crippen LogP) is 2.38. The summed E-state index contributed by atoms with van der Waals surface area (Å²) in [4.78, 5) is 6.75. The zero-order chi connectivity index (χ0) is 13.8. The van der Waals surface area contributed by atoms with E-state index >= 15 is 0 Å². The fourth-order valence-electron chi connectivity index (χ4n) is 2.25. The van der Waals surface area contributed by atoms with Crippen molar-refractivity contribution in [3.8, 4) is 11.4 Å². The van der Waals surface area contributed by atoms with E-state index in [1.165, 1.54) is 0 Å². The summed E-state index contributed by atoms with van der Waals surface area (Å²) in [7, 11) is 0. The number of morpholine rings is 1. The van der Waals surface area contributed by atoms with Crippen molar-refractivity contribution in [2.75, 3.05) is 32.8 Å². The van der Waals surface area contributed by atoms with E-state index in [1.807, 2.05) is 15.4 Å². The van der Waals surface area contributed by atoms with Crippen molar-refractivity contribution in [2.45, 2.75) is 13.0 Å². The van der Waals surface area contributed by atoms with Crippen LogP contribution in [0.25, 0.3) is 11.4 Å². The first-order valence-electron chi connectivity index (χ1n) is 6.74. The van der Waals surface area contributed by atoms with Crippen LogP contribution < -0.4 is 0 Å². The Morgan fingerprint density at radius 2 is 2.10 bits per heavy atom. The van der Waals surface area contributed by atoms with Crippen molar-refractivity contribution in [3.63, 3.8) is 0 Å². The third kappa shape index (κ3) is 3.38. The van der Waals surface area contributed by atoms with Gasteiger partial charge in [-0.05, 0) is 6.42 Å². The number of nitrogens with zero attached hydrogens (tertiary/aromatic N) is 4. The lowest BCUT2D eigenvalue weighted by molar-refractivity contribution is 0.0368. The molecule has 20 heavy (non-hydrogen) atoms. The fraction of sp³-hybridized carbons (Fsp3) is 0.538. The van der Waals surface area contributed by atoms with Crippen molar-refractivity contribution >= 4 is 22.9 Å². The summed E-state index contributed by atoms with van der Waals surface area (Å²) in [6, 6.07) is 0. The van der Waals surface area contributed by atoms with E-state index in [0.717, 1.165) is 56.4 Å². The molecule has 0 atom stereocenters. The predicted molar refractivity (Wildman–Crippen MR) is 80.2 cm³/mol. The highest BCUT2D eigenvalue weighted by atomic mass is 35.5. The largest absolute Gasteiger partial charge is 0.379 e. The van der Waals surface area contributed by atoms with Crippen LogP contribution in [-0.4, -0.2) is 52.5 Å². The number of aromatic nitrogens is 3. The Balaban J connectivity index is 1.51. The van der Waals surface area contributed by atoms with Crippen LogP contribution in [0, 0.1) is 0 Å². The monoisotopic (exact) mass is 312 g/mol. The van der Waals surface area contributed by atoms with Gasteiger partial charge in [0.2, 0.25) is 0 Å². The average Bonchev–Trinajstić information content (AvgIpc) is 3.09. The third-order valence-electron chi connectivity index (χ3n) is 3.36. The SMILES string of the molecule is Clc1cscc1-c1ncn(CCCN2CCOCC2)n1. The van der Waals surface area contributed by atoms with E-state index in [9.17, 15) is 0 Å². The second-order valence-corrected chi connectivity index (χ2v) is 5.92. The summed E-state index contributed by atoms with van der Waals surface area (Å²) in [5.41, 5.74) is 0.920. The van der Waals surface area contributed by atoms with E-state index in [2.05, 4.69) is 15.0 Å². The molecule has 0 aliphatic carbocycles. The number of halogens is 1. The minimum absolute atomic E-state index is 0.711. The fourth-order valence-corrected chi connectivity index (χ4v) is 3.29. The molecule has 0 N–H and O–H groups in total. The molecule has 2 aromatic rings. The van der Waals surface area contributed by atoms with Gasteiger partial charge >= 0.3 is 0 Å². The molecule has 0 saturated carbocycles. The highest BCUT2D eigenvalue weighted by Crippen LogP contribution is 2.28.